The molecule has 0 fully saturated rings. The van der Waals surface area contributed by atoms with E-state index in [-0.39, 0.29) is 23.6 Å². The van der Waals surface area contributed by atoms with Gasteiger partial charge in [0.25, 0.3) is 5.91 Å². The fraction of sp³-hybridized carbons (Fsp3) is 0.161. The molecule has 0 saturated heterocycles. The molecule has 4 aromatic rings. The van der Waals surface area contributed by atoms with Crippen molar-refractivity contribution < 1.29 is 23.5 Å². The molecule has 4 aromatic carbocycles. The highest BCUT2D eigenvalue weighted by atomic mass is 35.5. The number of amides is 1. The van der Waals surface area contributed by atoms with Crippen LogP contribution in [-0.4, -0.2) is 28.4 Å². The fourth-order valence-corrected chi connectivity index (χ4v) is 4.51. The van der Waals surface area contributed by atoms with Crippen molar-refractivity contribution in [3.63, 3.8) is 0 Å². The van der Waals surface area contributed by atoms with Gasteiger partial charge in [0.15, 0.2) is 0 Å². The number of carbonyl (C=O) groups is 2. The summed E-state index contributed by atoms with van der Waals surface area (Å²) >= 11 is 5.68. The smallest absolute Gasteiger partial charge is 0.307 e. The summed E-state index contributed by atoms with van der Waals surface area (Å²) in [6.45, 7) is 0.523. The molecule has 0 atom stereocenters. The van der Waals surface area contributed by atoms with Gasteiger partial charge in [0.2, 0.25) is 0 Å². The number of halogens is 3. The van der Waals surface area contributed by atoms with Gasteiger partial charge < -0.3 is 10.0 Å². The number of hydrogen-bond donors (Lipinski definition) is 1. The first-order valence-electron chi connectivity index (χ1n) is 12.2. The number of carboxylic acid groups (broad SMARTS) is 1. The predicted octanol–water partition coefficient (Wildman–Crippen LogP) is 7.19. The van der Waals surface area contributed by atoms with Gasteiger partial charge in [0.1, 0.15) is 11.6 Å². The van der Waals surface area contributed by atoms with Gasteiger partial charge in [-0.05, 0) is 52.8 Å². The molecule has 0 bridgehead atoms. The Morgan fingerprint density at radius 3 is 2.21 bits per heavy atom. The number of aryl methyl sites for hydroxylation is 1. The van der Waals surface area contributed by atoms with Gasteiger partial charge in [0, 0.05) is 13.1 Å². The minimum absolute atomic E-state index is 0.0924. The first kappa shape index (κ1) is 27.0. The van der Waals surface area contributed by atoms with Crippen LogP contribution >= 0.6 is 11.6 Å². The van der Waals surface area contributed by atoms with Gasteiger partial charge in [-0.1, -0.05) is 90.5 Å². The lowest BCUT2D eigenvalue weighted by Gasteiger charge is -2.24. The Morgan fingerprint density at radius 2 is 1.50 bits per heavy atom. The van der Waals surface area contributed by atoms with Gasteiger partial charge in [-0.15, -0.1) is 0 Å². The van der Waals surface area contributed by atoms with E-state index in [2.05, 4.69) is 0 Å². The molecule has 0 heterocycles. The molecule has 0 aliphatic carbocycles. The molecule has 0 spiro atoms. The summed E-state index contributed by atoms with van der Waals surface area (Å²) in [5.41, 5.74) is 3.91. The van der Waals surface area contributed by atoms with E-state index in [0.29, 0.717) is 18.5 Å². The van der Waals surface area contributed by atoms with Crippen molar-refractivity contribution in [2.75, 3.05) is 6.54 Å². The molecule has 1 amide bonds. The first-order valence-corrected chi connectivity index (χ1v) is 12.6. The van der Waals surface area contributed by atoms with E-state index >= 15 is 0 Å². The summed E-state index contributed by atoms with van der Waals surface area (Å²) in [4.78, 5) is 26.1. The van der Waals surface area contributed by atoms with Crippen LogP contribution in [0.2, 0.25) is 5.02 Å². The van der Waals surface area contributed by atoms with Crippen molar-refractivity contribution in [2.45, 2.75) is 25.8 Å². The molecular formula is C31H26ClF2NO3. The van der Waals surface area contributed by atoms with Crippen LogP contribution in [0.5, 0.6) is 0 Å². The van der Waals surface area contributed by atoms with E-state index in [9.17, 15) is 23.5 Å². The highest BCUT2D eigenvalue weighted by molar-refractivity contribution is 6.30. The van der Waals surface area contributed by atoms with Crippen molar-refractivity contribution in [1.82, 2.24) is 4.90 Å². The number of carboxylic acids is 1. The van der Waals surface area contributed by atoms with Crippen LogP contribution in [0, 0.1) is 11.6 Å². The topological polar surface area (TPSA) is 57.6 Å². The Labute approximate surface area is 225 Å². The normalized spacial score (nSPS) is 10.8. The minimum Gasteiger partial charge on any atom is -0.481 e. The van der Waals surface area contributed by atoms with Crippen molar-refractivity contribution in [2.24, 2.45) is 0 Å². The second-order valence-electron chi connectivity index (χ2n) is 8.99. The Balaban J connectivity index is 1.56. The largest absolute Gasteiger partial charge is 0.481 e. The molecule has 0 saturated carbocycles. The average Bonchev–Trinajstić information content (AvgIpc) is 2.91. The standard InChI is InChI=1S/C31H26ClF2NO3/c32-27-19-28(33)26(18-29(27)34)31(38)35(16-6-9-21-7-2-1-3-8-21)20-22-12-14-23(15-13-22)25-11-5-4-10-24(25)17-30(36)37/h1-5,7-8,10-15,18-19H,6,9,16-17,20H2,(H,36,37). The van der Waals surface area contributed by atoms with Crippen LogP contribution in [0.25, 0.3) is 11.1 Å². The van der Waals surface area contributed by atoms with Crippen LogP contribution in [0.3, 0.4) is 0 Å². The molecule has 7 heteroatoms. The third-order valence-corrected chi connectivity index (χ3v) is 6.55. The van der Waals surface area contributed by atoms with Gasteiger partial charge in [-0.2, -0.15) is 0 Å². The summed E-state index contributed by atoms with van der Waals surface area (Å²) in [5.74, 6) is -3.27. The third kappa shape index (κ3) is 6.84. The highest BCUT2D eigenvalue weighted by Gasteiger charge is 2.22. The summed E-state index contributed by atoms with van der Waals surface area (Å²) in [6, 6.07) is 26.2. The lowest BCUT2D eigenvalue weighted by molar-refractivity contribution is -0.136. The second-order valence-corrected chi connectivity index (χ2v) is 9.39. The average molecular weight is 534 g/mol. The van der Waals surface area contributed by atoms with Crippen LogP contribution in [0.1, 0.15) is 33.5 Å². The zero-order valence-corrected chi connectivity index (χ0v) is 21.3. The molecule has 1 N–H and O–H groups in total. The van der Waals surface area contributed by atoms with Crippen LogP contribution in [0.4, 0.5) is 8.78 Å². The van der Waals surface area contributed by atoms with Gasteiger partial charge in [-0.25, -0.2) is 8.78 Å². The zero-order chi connectivity index (χ0) is 27.1. The predicted molar refractivity (Wildman–Crippen MR) is 144 cm³/mol. The Bertz CT molecular complexity index is 1430. The summed E-state index contributed by atoms with van der Waals surface area (Å²) in [6.07, 6.45) is 1.26. The van der Waals surface area contributed by atoms with Gasteiger partial charge in [0.05, 0.1) is 17.0 Å². The number of carbonyl (C=O) groups excluding carboxylic acids is 1. The lowest BCUT2D eigenvalue weighted by Crippen LogP contribution is -2.32. The molecule has 38 heavy (non-hydrogen) atoms. The van der Waals surface area contributed by atoms with Crippen LogP contribution in [-0.2, 0) is 24.2 Å². The Kier molecular flexibility index (Phi) is 8.87. The van der Waals surface area contributed by atoms with E-state index < -0.39 is 23.5 Å². The quantitative estimate of drug-likeness (QED) is 0.219. The number of rotatable bonds is 10. The van der Waals surface area contributed by atoms with E-state index in [4.69, 9.17) is 11.6 Å². The molecule has 0 radical (unpaired) electrons. The molecule has 4 rings (SSSR count). The van der Waals surface area contributed by atoms with Crippen LogP contribution < -0.4 is 0 Å². The summed E-state index contributed by atoms with van der Waals surface area (Å²) < 4.78 is 28.7. The van der Waals surface area contributed by atoms with E-state index in [1.807, 2.05) is 66.7 Å². The third-order valence-electron chi connectivity index (χ3n) is 6.26. The maximum atomic E-state index is 14.6. The van der Waals surface area contributed by atoms with E-state index in [1.165, 1.54) is 4.90 Å². The van der Waals surface area contributed by atoms with Crippen molar-refractivity contribution in [3.8, 4) is 11.1 Å². The maximum absolute atomic E-state index is 14.6. The van der Waals surface area contributed by atoms with Crippen molar-refractivity contribution in [1.29, 1.82) is 0 Å². The molecule has 0 aliphatic rings. The first-order chi connectivity index (χ1) is 18.3. The Hall–Kier alpha value is -4.03. The van der Waals surface area contributed by atoms with Crippen molar-refractivity contribution in [3.05, 3.63) is 130 Å². The molecule has 194 valence electrons. The number of hydrogen-bond acceptors (Lipinski definition) is 2. The van der Waals surface area contributed by atoms with Gasteiger partial charge >= 0.3 is 5.97 Å². The number of aliphatic carboxylic acids is 1. The second kappa shape index (κ2) is 12.5. The number of benzene rings is 4. The fourth-order valence-electron chi connectivity index (χ4n) is 4.36. The molecule has 0 unspecified atom stereocenters. The Morgan fingerprint density at radius 1 is 0.816 bits per heavy atom. The summed E-state index contributed by atoms with van der Waals surface area (Å²) in [7, 11) is 0. The maximum Gasteiger partial charge on any atom is 0.307 e. The van der Waals surface area contributed by atoms with Gasteiger partial charge in [-0.3, -0.25) is 9.59 Å². The highest BCUT2D eigenvalue weighted by Crippen LogP contribution is 2.26. The zero-order valence-electron chi connectivity index (χ0n) is 20.5. The molecule has 0 aromatic heterocycles. The lowest BCUT2D eigenvalue weighted by atomic mass is 9.97. The molecule has 0 aliphatic heterocycles. The number of nitrogens with zero attached hydrogens (tertiary/aromatic N) is 1. The van der Waals surface area contributed by atoms with E-state index in [0.717, 1.165) is 40.8 Å². The summed E-state index contributed by atoms with van der Waals surface area (Å²) in [5, 5.41) is 8.85. The monoisotopic (exact) mass is 533 g/mol. The van der Waals surface area contributed by atoms with Crippen molar-refractivity contribution >= 4 is 23.5 Å². The minimum atomic E-state index is -0.912. The molecular weight excluding hydrogens is 508 g/mol. The van der Waals surface area contributed by atoms with Crippen LogP contribution in [0.15, 0.2) is 91.0 Å². The SMILES string of the molecule is O=C(O)Cc1ccccc1-c1ccc(CN(CCCc2ccccc2)C(=O)c2cc(F)c(Cl)cc2F)cc1. The molecule has 4 nitrogen and oxygen atoms in total. The van der Waals surface area contributed by atoms with E-state index in [1.54, 1.807) is 12.1 Å².